The summed E-state index contributed by atoms with van der Waals surface area (Å²) in [6.45, 7) is 2.10. The number of anilines is 1. The van der Waals surface area contributed by atoms with E-state index in [9.17, 15) is 13.2 Å². The number of halogens is 3. The van der Waals surface area contributed by atoms with E-state index in [1.807, 2.05) is 12.1 Å². The molecule has 0 bridgehead atoms. The van der Waals surface area contributed by atoms with Gasteiger partial charge in [-0.3, -0.25) is 4.68 Å². The molecule has 2 heterocycles. The van der Waals surface area contributed by atoms with Crippen LogP contribution in [0.5, 0.6) is 11.5 Å². The molecule has 0 saturated heterocycles. The highest BCUT2D eigenvalue weighted by molar-refractivity contribution is 5.62. The molecular formula is C20H22F3N5O2. The summed E-state index contributed by atoms with van der Waals surface area (Å²) < 4.78 is 52.1. The van der Waals surface area contributed by atoms with E-state index in [0.717, 1.165) is 11.6 Å². The number of nitrogens with one attached hydrogen (secondary N) is 1. The Morgan fingerprint density at radius 2 is 1.80 bits per heavy atom. The van der Waals surface area contributed by atoms with E-state index in [0.29, 0.717) is 35.7 Å². The third kappa shape index (κ3) is 4.64. The first-order valence-corrected chi connectivity index (χ1v) is 9.13. The minimum Gasteiger partial charge on any atom is -0.493 e. The Bertz CT molecular complexity index is 1030. The van der Waals surface area contributed by atoms with Gasteiger partial charge >= 0.3 is 6.18 Å². The Labute approximate surface area is 171 Å². The average Bonchev–Trinajstić information content (AvgIpc) is 3.05. The summed E-state index contributed by atoms with van der Waals surface area (Å²) in [4.78, 5) is 7.90. The van der Waals surface area contributed by atoms with Crippen molar-refractivity contribution in [1.29, 1.82) is 0 Å². The highest BCUT2D eigenvalue weighted by atomic mass is 19.4. The lowest BCUT2D eigenvalue weighted by Gasteiger charge is -2.12. The van der Waals surface area contributed by atoms with Crippen molar-refractivity contribution in [3.8, 4) is 22.8 Å². The van der Waals surface area contributed by atoms with Gasteiger partial charge in [-0.05, 0) is 37.1 Å². The van der Waals surface area contributed by atoms with Gasteiger partial charge in [0.15, 0.2) is 17.2 Å². The average molecular weight is 421 g/mol. The molecule has 0 aliphatic rings. The summed E-state index contributed by atoms with van der Waals surface area (Å²) in [7, 11) is 4.80. The van der Waals surface area contributed by atoms with Gasteiger partial charge in [0.1, 0.15) is 0 Å². The third-order valence-corrected chi connectivity index (χ3v) is 4.67. The molecule has 0 saturated carbocycles. The van der Waals surface area contributed by atoms with Gasteiger partial charge in [-0.1, -0.05) is 6.07 Å². The molecular weight excluding hydrogens is 399 g/mol. The van der Waals surface area contributed by atoms with Crippen molar-refractivity contribution in [3.05, 3.63) is 47.4 Å². The topological polar surface area (TPSA) is 74.1 Å². The highest BCUT2D eigenvalue weighted by Crippen LogP contribution is 2.32. The second kappa shape index (κ2) is 8.60. The van der Waals surface area contributed by atoms with Gasteiger partial charge in [-0.25, -0.2) is 9.97 Å². The second-order valence-electron chi connectivity index (χ2n) is 6.59. The lowest BCUT2D eigenvalue weighted by atomic mass is 10.1. The van der Waals surface area contributed by atoms with Crippen molar-refractivity contribution >= 4 is 5.95 Å². The molecule has 3 rings (SSSR count). The van der Waals surface area contributed by atoms with Gasteiger partial charge in [0.05, 0.1) is 26.1 Å². The molecule has 0 aliphatic carbocycles. The van der Waals surface area contributed by atoms with Crippen LogP contribution in [0.3, 0.4) is 0 Å². The maximum Gasteiger partial charge on any atom is 0.433 e. The number of nitrogens with zero attached hydrogens (tertiary/aromatic N) is 4. The van der Waals surface area contributed by atoms with Gasteiger partial charge in [-0.15, -0.1) is 0 Å². The molecule has 30 heavy (non-hydrogen) atoms. The number of rotatable bonds is 7. The summed E-state index contributed by atoms with van der Waals surface area (Å²) in [5.74, 6) is 1.09. The van der Waals surface area contributed by atoms with Crippen molar-refractivity contribution < 1.29 is 22.6 Å². The fraction of sp³-hybridized carbons (Fsp3) is 0.350. The molecule has 3 aromatic rings. The van der Waals surface area contributed by atoms with Crippen molar-refractivity contribution in [1.82, 2.24) is 19.7 Å². The molecule has 0 unspecified atom stereocenters. The fourth-order valence-corrected chi connectivity index (χ4v) is 2.91. The summed E-state index contributed by atoms with van der Waals surface area (Å²) >= 11 is 0. The molecule has 160 valence electrons. The molecule has 2 aromatic heterocycles. The van der Waals surface area contributed by atoms with Crippen molar-refractivity contribution in [2.24, 2.45) is 7.05 Å². The minimum absolute atomic E-state index is 0.0939. The van der Waals surface area contributed by atoms with E-state index in [1.54, 1.807) is 31.8 Å². The maximum atomic E-state index is 13.3. The number of aryl methyl sites for hydroxylation is 1. The fourth-order valence-electron chi connectivity index (χ4n) is 2.91. The number of ether oxygens (including phenoxy) is 2. The van der Waals surface area contributed by atoms with Crippen LogP contribution in [0.1, 0.15) is 17.0 Å². The van der Waals surface area contributed by atoms with Crippen LogP contribution in [0.15, 0.2) is 30.5 Å². The number of benzene rings is 1. The monoisotopic (exact) mass is 421 g/mol. The van der Waals surface area contributed by atoms with Crippen LogP contribution >= 0.6 is 0 Å². The SMILES string of the molecule is COc1ccc(CCNc2nc(-c3cnn(C)c3C)cc(C(F)(F)F)n2)cc1OC. The van der Waals surface area contributed by atoms with Crippen LogP contribution in [0.4, 0.5) is 19.1 Å². The molecule has 10 heteroatoms. The Morgan fingerprint density at radius 3 is 2.40 bits per heavy atom. The van der Waals surface area contributed by atoms with Gasteiger partial charge in [0.2, 0.25) is 5.95 Å². The van der Waals surface area contributed by atoms with Crippen LogP contribution in [-0.2, 0) is 19.6 Å². The van der Waals surface area contributed by atoms with Gasteiger partial charge < -0.3 is 14.8 Å². The summed E-state index contributed by atoms with van der Waals surface area (Å²) in [6, 6.07) is 6.39. The third-order valence-electron chi connectivity index (χ3n) is 4.67. The zero-order valence-electron chi connectivity index (χ0n) is 17.0. The molecule has 0 fully saturated rings. The van der Waals surface area contributed by atoms with E-state index in [1.165, 1.54) is 13.3 Å². The Balaban J connectivity index is 1.82. The van der Waals surface area contributed by atoms with Gasteiger partial charge in [0, 0.05) is 24.8 Å². The van der Waals surface area contributed by atoms with E-state index in [4.69, 9.17) is 9.47 Å². The minimum atomic E-state index is -4.59. The predicted molar refractivity (Wildman–Crippen MR) is 106 cm³/mol. The van der Waals surface area contributed by atoms with Crippen LogP contribution in [0.25, 0.3) is 11.3 Å². The van der Waals surface area contributed by atoms with Crippen LogP contribution < -0.4 is 14.8 Å². The van der Waals surface area contributed by atoms with Gasteiger partial charge in [-0.2, -0.15) is 18.3 Å². The molecule has 0 amide bonds. The normalized spacial score (nSPS) is 11.4. The molecule has 0 aliphatic heterocycles. The predicted octanol–water partition coefficient (Wildman–Crippen LogP) is 3.88. The lowest BCUT2D eigenvalue weighted by molar-refractivity contribution is -0.141. The molecule has 1 aromatic carbocycles. The molecule has 7 nitrogen and oxygen atoms in total. The first kappa shape index (κ1) is 21.4. The van der Waals surface area contributed by atoms with Crippen molar-refractivity contribution in [2.75, 3.05) is 26.1 Å². The highest BCUT2D eigenvalue weighted by Gasteiger charge is 2.34. The quantitative estimate of drug-likeness (QED) is 0.624. The van der Waals surface area contributed by atoms with E-state index in [2.05, 4.69) is 20.4 Å². The number of aromatic nitrogens is 4. The Hall–Kier alpha value is -3.30. The first-order chi connectivity index (χ1) is 14.2. The summed E-state index contributed by atoms with van der Waals surface area (Å²) in [6.07, 6.45) is -2.57. The van der Waals surface area contributed by atoms with Crippen LogP contribution in [-0.4, -0.2) is 40.5 Å². The van der Waals surface area contributed by atoms with E-state index in [-0.39, 0.29) is 11.6 Å². The summed E-state index contributed by atoms with van der Waals surface area (Å²) in [5.41, 5.74) is 1.31. The number of methoxy groups -OCH3 is 2. The zero-order valence-corrected chi connectivity index (χ0v) is 17.0. The maximum absolute atomic E-state index is 13.3. The van der Waals surface area contributed by atoms with Crippen molar-refractivity contribution in [2.45, 2.75) is 19.5 Å². The van der Waals surface area contributed by atoms with Crippen LogP contribution in [0, 0.1) is 6.92 Å². The lowest BCUT2D eigenvalue weighted by Crippen LogP contribution is -2.14. The zero-order chi connectivity index (χ0) is 21.9. The largest absolute Gasteiger partial charge is 0.493 e. The second-order valence-corrected chi connectivity index (χ2v) is 6.59. The Morgan fingerprint density at radius 1 is 1.07 bits per heavy atom. The van der Waals surface area contributed by atoms with E-state index >= 15 is 0 Å². The van der Waals surface area contributed by atoms with E-state index < -0.39 is 11.9 Å². The molecule has 0 atom stereocenters. The number of alkyl halides is 3. The number of hydrogen-bond donors (Lipinski definition) is 1. The molecule has 1 N–H and O–H groups in total. The molecule has 0 radical (unpaired) electrons. The summed E-state index contributed by atoms with van der Waals surface area (Å²) in [5, 5.41) is 6.97. The Kier molecular flexibility index (Phi) is 6.14. The van der Waals surface area contributed by atoms with Gasteiger partial charge in [0.25, 0.3) is 0 Å². The standard InChI is InChI=1S/C20H22F3N5O2/c1-12-14(11-25-28(12)2)15-10-18(20(21,22)23)27-19(26-15)24-8-7-13-5-6-16(29-3)17(9-13)30-4/h5-6,9-11H,7-8H2,1-4H3,(H,24,26,27). The van der Waals surface area contributed by atoms with Crippen LogP contribution in [0.2, 0.25) is 0 Å². The smallest absolute Gasteiger partial charge is 0.433 e. The first-order valence-electron chi connectivity index (χ1n) is 9.13. The number of hydrogen-bond acceptors (Lipinski definition) is 6. The van der Waals surface area contributed by atoms with Crippen molar-refractivity contribution in [3.63, 3.8) is 0 Å². The molecule has 0 spiro atoms.